The van der Waals surface area contributed by atoms with Crippen molar-refractivity contribution in [3.05, 3.63) is 64.7 Å². The molecule has 0 atom stereocenters. The number of rotatable bonds is 1. The van der Waals surface area contributed by atoms with Gasteiger partial charge in [0, 0.05) is 36.9 Å². The number of alkyl halides is 6. The van der Waals surface area contributed by atoms with Crippen molar-refractivity contribution in [2.75, 3.05) is 0 Å². The highest BCUT2D eigenvalue weighted by Gasteiger charge is 2.38. The van der Waals surface area contributed by atoms with E-state index in [1.54, 1.807) is 6.07 Å². The predicted octanol–water partition coefficient (Wildman–Crippen LogP) is 5.73. The van der Waals surface area contributed by atoms with Crippen molar-refractivity contribution in [2.24, 2.45) is 0 Å². The van der Waals surface area contributed by atoms with Crippen LogP contribution >= 0.6 is 80.3 Å². The van der Waals surface area contributed by atoms with Crippen LogP contribution in [-0.2, 0) is 44.8 Å². The van der Waals surface area contributed by atoms with Gasteiger partial charge in [-0.2, -0.15) is 0 Å². The molecule has 0 spiro atoms. The molecule has 2 aliphatic heterocycles. The van der Waals surface area contributed by atoms with Gasteiger partial charge in [-0.1, -0.05) is 99.9 Å². The smallest absolute Gasteiger partial charge is 0.275 e. The molecule has 0 radical (unpaired) electrons. The first-order chi connectivity index (χ1) is 15.6. The molecule has 34 heavy (non-hydrogen) atoms. The minimum atomic E-state index is -3.80. The molecule has 4 rings (SSSR count). The number of amides is 2. The van der Waals surface area contributed by atoms with Gasteiger partial charge in [0.2, 0.25) is 0 Å². The van der Waals surface area contributed by atoms with Crippen LogP contribution in [0.25, 0.3) is 0 Å². The Bertz CT molecular complexity index is 1200. The van der Waals surface area contributed by atoms with Gasteiger partial charge in [0.25, 0.3) is 28.5 Å². The topological polar surface area (TPSA) is 74.8 Å². The van der Waals surface area contributed by atoms with Crippen LogP contribution in [-0.4, -0.2) is 37.6 Å². The highest BCUT2D eigenvalue weighted by molar-refractivity contribution is 8.13. The van der Waals surface area contributed by atoms with E-state index in [4.69, 9.17) is 80.3 Å². The summed E-state index contributed by atoms with van der Waals surface area (Å²) in [6.45, 7) is 1.48. The third-order valence-electron chi connectivity index (χ3n) is 5.08. The zero-order chi connectivity index (χ0) is 25.5. The maximum absolute atomic E-state index is 11.8. The molecule has 2 aromatic carbocycles. The van der Waals surface area contributed by atoms with Crippen LogP contribution in [0.3, 0.4) is 0 Å². The van der Waals surface area contributed by atoms with Gasteiger partial charge in [-0.25, -0.2) is 8.42 Å². The molecule has 0 saturated heterocycles. The average molecular weight is 628 g/mol. The summed E-state index contributed by atoms with van der Waals surface area (Å²) in [6.07, 6.45) is 0. The summed E-state index contributed by atoms with van der Waals surface area (Å²) in [5.41, 5.74) is 3.69. The molecule has 2 amide bonds. The summed E-state index contributed by atoms with van der Waals surface area (Å²) in [6, 6.07) is 12.2. The number of halogens is 7. The molecule has 0 fully saturated rings. The van der Waals surface area contributed by atoms with E-state index in [-0.39, 0.29) is 18.0 Å². The molecule has 0 unspecified atom stereocenters. The van der Waals surface area contributed by atoms with Crippen LogP contribution in [0.1, 0.15) is 22.3 Å². The summed E-state index contributed by atoms with van der Waals surface area (Å²) in [5.74, 6) is -1.12. The lowest BCUT2D eigenvalue weighted by Gasteiger charge is -2.20. The molecule has 0 N–H and O–H groups in total. The number of nitrogens with zero attached hydrogens (tertiary/aromatic N) is 2. The number of hydrogen-bond donors (Lipinski definition) is 0. The van der Waals surface area contributed by atoms with Crippen LogP contribution < -0.4 is 0 Å². The van der Waals surface area contributed by atoms with Gasteiger partial charge in [0.1, 0.15) is 0 Å². The summed E-state index contributed by atoms with van der Waals surface area (Å²) in [5, 5.41) is 0. The third kappa shape index (κ3) is 6.77. The van der Waals surface area contributed by atoms with E-state index in [0.717, 1.165) is 16.7 Å². The number of carbonyl (C=O) groups excluding carboxylic acids is 2. The standard InChI is InChI=1S/C10H7Cl4NO3S.C10H8Cl3NO/c11-10(12,13)9(16)15-4-6-1-2-8(19(14,17)18)3-7(6)5-15;11-10(12,13)9(15)14-5-7-3-1-2-4-8(7)6-14/h1-3H,4-5H2;1-4H,5-6H2. The summed E-state index contributed by atoms with van der Waals surface area (Å²) in [4.78, 5) is 26.3. The second-order valence-electron chi connectivity index (χ2n) is 7.46. The monoisotopic (exact) mass is 624 g/mol. The summed E-state index contributed by atoms with van der Waals surface area (Å²) < 4.78 is 18.6. The Labute approximate surface area is 230 Å². The van der Waals surface area contributed by atoms with Gasteiger partial charge in [0.05, 0.1) is 4.90 Å². The second-order valence-corrected chi connectivity index (χ2v) is 14.6. The Kier molecular flexibility index (Phi) is 8.53. The molecule has 14 heteroatoms. The van der Waals surface area contributed by atoms with E-state index in [9.17, 15) is 18.0 Å². The van der Waals surface area contributed by atoms with Crippen molar-refractivity contribution in [3.63, 3.8) is 0 Å². The first kappa shape index (κ1) is 27.9. The number of benzene rings is 2. The van der Waals surface area contributed by atoms with Crippen LogP contribution in [0.5, 0.6) is 0 Å². The lowest BCUT2D eigenvalue weighted by Crippen LogP contribution is -2.35. The fourth-order valence-corrected chi connectivity index (χ4v) is 5.02. The molecule has 0 aromatic heterocycles. The minimum absolute atomic E-state index is 0.0175. The van der Waals surface area contributed by atoms with Crippen molar-refractivity contribution in [3.8, 4) is 0 Å². The van der Waals surface area contributed by atoms with Gasteiger partial charge < -0.3 is 9.80 Å². The maximum atomic E-state index is 11.8. The first-order valence-corrected chi connectivity index (χ1v) is 14.0. The zero-order valence-electron chi connectivity index (χ0n) is 17.0. The van der Waals surface area contributed by atoms with Crippen LogP contribution in [0, 0.1) is 0 Å². The normalized spacial score (nSPS) is 15.4. The summed E-state index contributed by atoms with van der Waals surface area (Å²) >= 11 is 33.2. The van der Waals surface area contributed by atoms with Crippen LogP contribution in [0.15, 0.2) is 47.4 Å². The number of hydrogen-bond acceptors (Lipinski definition) is 4. The lowest BCUT2D eigenvalue weighted by atomic mass is 10.1. The van der Waals surface area contributed by atoms with Crippen LogP contribution in [0.4, 0.5) is 0 Å². The largest absolute Gasteiger partial charge is 0.330 e. The zero-order valence-corrected chi connectivity index (χ0v) is 23.1. The molecule has 0 bridgehead atoms. The van der Waals surface area contributed by atoms with E-state index in [2.05, 4.69) is 0 Å². The quantitative estimate of drug-likeness (QED) is 0.299. The van der Waals surface area contributed by atoms with Gasteiger partial charge in [0.15, 0.2) is 0 Å². The van der Waals surface area contributed by atoms with Crippen molar-refractivity contribution in [1.82, 2.24) is 9.80 Å². The van der Waals surface area contributed by atoms with Gasteiger partial charge >= 0.3 is 0 Å². The Morgan fingerprint density at radius 2 is 1.06 bits per heavy atom. The Hall–Kier alpha value is -0.640. The maximum Gasteiger partial charge on any atom is 0.275 e. The number of fused-ring (bicyclic) bond motifs is 2. The van der Waals surface area contributed by atoms with E-state index >= 15 is 0 Å². The fourth-order valence-electron chi connectivity index (χ4n) is 3.50. The lowest BCUT2D eigenvalue weighted by molar-refractivity contribution is -0.131. The molecule has 0 aliphatic carbocycles. The Balaban J connectivity index is 0.000000196. The molecule has 184 valence electrons. The van der Waals surface area contributed by atoms with E-state index in [1.165, 1.54) is 21.9 Å². The van der Waals surface area contributed by atoms with E-state index in [1.807, 2.05) is 24.3 Å². The predicted molar refractivity (Wildman–Crippen MR) is 135 cm³/mol. The van der Waals surface area contributed by atoms with Gasteiger partial charge in [-0.05, 0) is 34.4 Å². The molecule has 2 heterocycles. The molecule has 0 saturated carbocycles. The van der Waals surface area contributed by atoms with Crippen molar-refractivity contribution < 1.29 is 18.0 Å². The van der Waals surface area contributed by atoms with Gasteiger partial charge in [-0.15, -0.1) is 0 Å². The van der Waals surface area contributed by atoms with Gasteiger partial charge in [-0.3, -0.25) is 9.59 Å². The Morgan fingerprint density at radius 1 is 0.676 bits per heavy atom. The molecule has 6 nitrogen and oxygen atoms in total. The van der Waals surface area contributed by atoms with E-state index in [0.29, 0.717) is 18.7 Å². The highest BCUT2D eigenvalue weighted by Crippen LogP contribution is 2.34. The van der Waals surface area contributed by atoms with Crippen LogP contribution in [0.2, 0.25) is 0 Å². The molecular formula is C20H15Cl7N2O4S. The molecular weight excluding hydrogens is 612 g/mol. The van der Waals surface area contributed by atoms with E-state index < -0.39 is 28.5 Å². The van der Waals surface area contributed by atoms with Crippen molar-refractivity contribution in [2.45, 2.75) is 38.7 Å². The minimum Gasteiger partial charge on any atom is -0.330 e. The highest BCUT2D eigenvalue weighted by atomic mass is 35.7. The SMILES string of the molecule is O=C(N1Cc2ccc(S(=O)(=O)Cl)cc2C1)C(Cl)(Cl)Cl.O=C(N1Cc2ccccc2C1)C(Cl)(Cl)Cl. The Morgan fingerprint density at radius 3 is 1.44 bits per heavy atom. The fraction of sp³-hybridized carbons (Fsp3) is 0.300. The second kappa shape index (κ2) is 10.4. The average Bonchev–Trinajstić information content (AvgIpc) is 3.34. The first-order valence-electron chi connectivity index (χ1n) is 9.43. The molecule has 2 aliphatic rings. The third-order valence-corrected chi connectivity index (χ3v) is 7.40. The summed E-state index contributed by atoms with van der Waals surface area (Å²) in [7, 11) is 1.46. The molecule has 2 aromatic rings. The number of carbonyl (C=O) groups is 2. The van der Waals surface area contributed by atoms with Crippen molar-refractivity contribution >= 4 is 101 Å². The van der Waals surface area contributed by atoms with Crippen molar-refractivity contribution in [1.29, 1.82) is 0 Å².